The zero-order chi connectivity index (χ0) is 14.2. The lowest BCUT2D eigenvalue weighted by Gasteiger charge is -2.16. The minimum absolute atomic E-state index is 0.00957. The Bertz CT molecular complexity index is 618. The molecule has 1 aliphatic rings. The van der Waals surface area contributed by atoms with E-state index >= 15 is 0 Å². The summed E-state index contributed by atoms with van der Waals surface area (Å²) in [5, 5.41) is 19.7. The number of aliphatic hydroxyl groups excluding tert-OH is 1. The molecule has 0 amide bonds. The number of aliphatic hydroxyl groups is 1. The first-order valence-electron chi connectivity index (χ1n) is 5.44. The number of sulfonamides is 1. The minimum Gasteiger partial charge on any atom is -0.392 e. The molecular formula is C10H11ClN2O5S. The first-order chi connectivity index (χ1) is 8.82. The van der Waals surface area contributed by atoms with Crippen molar-refractivity contribution in [2.24, 2.45) is 0 Å². The van der Waals surface area contributed by atoms with E-state index in [2.05, 4.69) is 0 Å². The maximum atomic E-state index is 12.2. The third kappa shape index (κ3) is 2.71. The Labute approximate surface area is 114 Å². The summed E-state index contributed by atoms with van der Waals surface area (Å²) in [5.74, 6) is 0. The summed E-state index contributed by atoms with van der Waals surface area (Å²) in [7, 11) is -3.83. The third-order valence-corrected chi connectivity index (χ3v) is 5.22. The standard InChI is InChI=1S/C10H11ClN2O5S/c11-9-5-7(13(15)16)1-2-10(9)19(17,18)12-4-3-8(14)6-12/h1-2,5,8,14H,3-4,6H2/t8-/m1/s1. The largest absolute Gasteiger partial charge is 0.392 e. The number of non-ortho nitro benzene ring substituents is 1. The quantitative estimate of drug-likeness (QED) is 0.663. The smallest absolute Gasteiger partial charge is 0.271 e. The molecule has 1 aromatic rings. The number of nitrogens with zero attached hydrogens (tertiary/aromatic N) is 2. The van der Waals surface area contributed by atoms with Crippen molar-refractivity contribution in [3.8, 4) is 0 Å². The monoisotopic (exact) mass is 306 g/mol. The van der Waals surface area contributed by atoms with Crippen LogP contribution in [0.3, 0.4) is 0 Å². The van der Waals surface area contributed by atoms with Crippen LogP contribution in [-0.4, -0.2) is 41.9 Å². The van der Waals surface area contributed by atoms with Gasteiger partial charge in [0.25, 0.3) is 5.69 Å². The Morgan fingerprint density at radius 1 is 1.47 bits per heavy atom. The third-order valence-electron chi connectivity index (χ3n) is 2.87. The van der Waals surface area contributed by atoms with Gasteiger partial charge in [-0.3, -0.25) is 10.1 Å². The number of hydrogen-bond donors (Lipinski definition) is 1. The lowest BCUT2D eigenvalue weighted by atomic mass is 10.3. The predicted octanol–water partition coefficient (Wildman–Crippen LogP) is 1.00. The van der Waals surface area contributed by atoms with Gasteiger partial charge in [0.2, 0.25) is 10.0 Å². The van der Waals surface area contributed by atoms with Crippen molar-refractivity contribution < 1.29 is 18.4 Å². The van der Waals surface area contributed by atoms with E-state index in [1.54, 1.807) is 0 Å². The molecular weight excluding hydrogens is 296 g/mol. The van der Waals surface area contributed by atoms with Crippen LogP contribution in [0.1, 0.15) is 6.42 Å². The van der Waals surface area contributed by atoms with E-state index in [0.29, 0.717) is 6.42 Å². The zero-order valence-electron chi connectivity index (χ0n) is 9.69. The van der Waals surface area contributed by atoms with E-state index in [-0.39, 0.29) is 28.7 Å². The molecule has 9 heteroatoms. The van der Waals surface area contributed by atoms with Crippen LogP contribution in [0.5, 0.6) is 0 Å². The maximum absolute atomic E-state index is 12.2. The van der Waals surface area contributed by atoms with Gasteiger partial charge in [0.1, 0.15) is 4.90 Å². The molecule has 0 aliphatic carbocycles. The van der Waals surface area contributed by atoms with Crippen molar-refractivity contribution in [2.75, 3.05) is 13.1 Å². The van der Waals surface area contributed by atoms with Crippen molar-refractivity contribution in [3.05, 3.63) is 33.3 Å². The molecule has 0 bridgehead atoms. The molecule has 1 aliphatic heterocycles. The highest BCUT2D eigenvalue weighted by Gasteiger charge is 2.33. The maximum Gasteiger partial charge on any atom is 0.271 e. The SMILES string of the molecule is O=[N+]([O-])c1ccc(S(=O)(=O)N2CC[C@@H](O)C2)c(Cl)c1. The average Bonchev–Trinajstić information content (AvgIpc) is 2.76. The topological polar surface area (TPSA) is 101 Å². The molecule has 1 heterocycles. The second-order valence-electron chi connectivity index (χ2n) is 4.18. The molecule has 1 fully saturated rings. The summed E-state index contributed by atoms with van der Waals surface area (Å²) in [6, 6.07) is 3.20. The summed E-state index contributed by atoms with van der Waals surface area (Å²) >= 11 is 5.80. The predicted molar refractivity (Wildman–Crippen MR) is 67.5 cm³/mol. The Hall–Kier alpha value is -1.22. The fourth-order valence-electron chi connectivity index (χ4n) is 1.88. The number of nitro groups is 1. The number of rotatable bonds is 3. The summed E-state index contributed by atoms with van der Waals surface area (Å²) < 4.78 is 25.6. The van der Waals surface area contributed by atoms with Crippen molar-refractivity contribution in [1.82, 2.24) is 4.31 Å². The number of hydrogen-bond acceptors (Lipinski definition) is 5. The molecule has 2 rings (SSSR count). The van der Waals surface area contributed by atoms with Crippen molar-refractivity contribution in [1.29, 1.82) is 0 Å². The molecule has 104 valence electrons. The highest BCUT2D eigenvalue weighted by atomic mass is 35.5. The van der Waals surface area contributed by atoms with Gasteiger partial charge in [-0.15, -0.1) is 0 Å². The second-order valence-corrected chi connectivity index (χ2v) is 6.49. The van der Waals surface area contributed by atoms with Crippen molar-refractivity contribution in [2.45, 2.75) is 17.4 Å². The molecule has 0 aromatic heterocycles. The Kier molecular flexibility index (Phi) is 3.77. The highest BCUT2D eigenvalue weighted by Crippen LogP contribution is 2.30. The van der Waals surface area contributed by atoms with E-state index in [1.165, 1.54) is 0 Å². The summed E-state index contributed by atoms with van der Waals surface area (Å²) in [5.41, 5.74) is -0.273. The molecule has 7 nitrogen and oxygen atoms in total. The normalized spacial score (nSPS) is 20.6. The molecule has 1 saturated heterocycles. The number of halogens is 1. The number of nitro benzene ring substituents is 1. The van der Waals surface area contributed by atoms with E-state index in [1.807, 2.05) is 0 Å². The van der Waals surface area contributed by atoms with Gasteiger partial charge in [-0.2, -0.15) is 4.31 Å². The molecule has 1 aromatic carbocycles. The highest BCUT2D eigenvalue weighted by molar-refractivity contribution is 7.89. The molecule has 0 saturated carbocycles. The van der Waals surface area contributed by atoms with Gasteiger partial charge >= 0.3 is 0 Å². The van der Waals surface area contributed by atoms with Gasteiger partial charge in [-0.25, -0.2) is 8.42 Å². The number of benzene rings is 1. The van der Waals surface area contributed by atoms with E-state index in [4.69, 9.17) is 11.6 Å². The molecule has 0 spiro atoms. The van der Waals surface area contributed by atoms with E-state index < -0.39 is 21.1 Å². The fraction of sp³-hybridized carbons (Fsp3) is 0.400. The zero-order valence-corrected chi connectivity index (χ0v) is 11.3. The Morgan fingerprint density at radius 3 is 2.63 bits per heavy atom. The first kappa shape index (κ1) is 14.2. The average molecular weight is 307 g/mol. The molecule has 0 radical (unpaired) electrons. The Balaban J connectivity index is 2.38. The van der Waals surface area contributed by atoms with Crippen LogP contribution < -0.4 is 0 Å². The summed E-state index contributed by atoms with van der Waals surface area (Å²) in [4.78, 5) is 9.73. The molecule has 19 heavy (non-hydrogen) atoms. The van der Waals surface area contributed by atoms with Crippen LogP contribution in [0.15, 0.2) is 23.1 Å². The van der Waals surface area contributed by atoms with Crippen LogP contribution in [0.4, 0.5) is 5.69 Å². The van der Waals surface area contributed by atoms with Crippen LogP contribution in [0.25, 0.3) is 0 Å². The van der Waals surface area contributed by atoms with E-state index in [9.17, 15) is 23.6 Å². The van der Waals surface area contributed by atoms with Gasteiger partial charge in [0.15, 0.2) is 0 Å². The summed E-state index contributed by atoms with van der Waals surface area (Å²) in [6.07, 6.45) is -0.323. The summed E-state index contributed by atoms with van der Waals surface area (Å²) in [6.45, 7) is 0.215. The van der Waals surface area contributed by atoms with Gasteiger partial charge < -0.3 is 5.11 Å². The van der Waals surface area contributed by atoms with E-state index in [0.717, 1.165) is 22.5 Å². The van der Waals surface area contributed by atoms with Crippen LogP contribution in [0, 0.1) is 10.1 Å². The molecule has 1 N–H and O–H groups in total. The van der Waals surface area contributed by atoms with Crippen molar-refractivity contribution in [3.63, 3.8) is 0 Å². The van der Waals surface area contributed by atoms with Crippen LogP contribution in [-0.2, 0) is 10.0 Å². The van der Waals surface area contributed by atoms with Crippen LogP contribution >= 0.6 is 11.6 Å². The van der Waals surface area contributed by atoms with Crippen molar-refractivity contribution >= 4 is 27.3 Å². The van der Waals surface area contributed by atoms with Gasteiger partial charge in [-0.1, -0.05) is 11.6 Å². The second kappa shape index (κ2) is 5.04. The lowest BCUT2D eigenvalue weighted by molar-refractivity contribution is -0.384. The minimum atomic E-state index is -3.83. The fourth-order valence-corrected chi connectivity index (χ4v) is 3.89. The van der Waals surface area contributed by atoms with Gasteiger partial charge in [-0.05, 0) is 12.5 Å². The van der Waals surface area contributed by atoms with Gasteiger partial charge in [0, 0.05) is 25.2 Å². The Morgan fingerprint density at radius 2 is 2.16 bits per heavy atom. The molecule has 1 atom stereocenters. The lowest BCUT2D eigenvalue weighted by Crippen LogP contribution is -2.29. The first-order valence-corrected chi connectivity index (χ1v) is 7.26. The number of β-amino-alcohol motifs (C(OH)–C–C–N with tert-alkyl or cyclic N) is 1. The van der Waals surface area contributed by atoms with Crippen LogP contribution in [0.2, 0.25) is 5.02 Å². The van der Waals surface area contributed by atoms with Gasteiger partial charge in [0.05, 0.1) is 16.0 Å². The molecule has 0 unspecified atom stereocenters.